The fraction of sp³-hybridized carbons (Fsp3) is 0.267. The first-order valence-electron chi connectivity index (χ1n) is 6.57. The number of amides is 1. The van der Waals surface area contributed by atoms with Crippen LogP contribution in [0.2, 0.25) is 0 Å². The molecule has 104 valence electrons. The van der Waals surface area contributed by atoms with Crippen molar-refractivity contribution < 1.29 is 4.79 Å². The van der Waals surface area contributed by atoms with E-state index in [0.717, 1.165) is 16.9 Å². The number of rotatable bonds is 4. The van der Waals surface area contributed by atoms with E-state index in [1.165, 1.54) is 0 Å². The lowest BCUT2D eigenvalue weighted by molar-refractivity contribution is 0.102. The number of aryl methyl sites for hydroxylation is 2. The topological polar surface area (TPSA) is 80.9 Å². The fourth-order valence-electron chi connectivity index (χ4n) is 1.89. The third-order valence-electron chi connectivity index (χ3n) is 3.02. The molecule has 0 unspecified atom stereocenters. The molecule has 0 aliphatic carbocycles. The van der Waals surface area contributed by atoms with Gasteiger partial charge in [-0.15, -0.1) is 0 Å². The van der Waals surface area contributed by atoms with Gasteiger partial charge in [-0.3, -0.25) is 4.79 Å². The molecule has 0 radical (unpaired) electrons. The van der Waals surface area contributed by atoms with Crippen molar-refractivity contribution in [3.05, 3.63) is 52.8 Å². The Labute approximate surface area is 118 Å². The lowest BCUT2D eigenvalue weighted by Crippen LogP contribution is -2.16. The third-order valence-corrected chi connectivity index (χ3v) is 3.02. The van der Waals surface area contributed by atoms with Crippen molar-refractivity contribution in [2.45, 2.75) is 26.8 Å². The molecule has 0 saturated carbocycles. The van der Waals surface area contributed by atoms with Crippen molar-refractivity contribution in [3.8, 4) is 0 Å². The molecule has 0 aliphatic heterocycles. The molecule has 0 aliphatic rings. The zero-order chi connectivity index (χ0) is 14.5. The Morgan fingerprint density at radius 1 is 1.25 bits per heavy atom. The van der Waals surface area contributed by atoms with Gasteiger partial charge in [0.1, 0.15) is 0 Å². The van der Waals surface area contributed by atoms with Gasteiger partial charge in [0.15, 0.2) is 0 Å². The van der Waals surface area contributed by atoms with Gasteiger partial charge >= 0.3 is 0 Å². The summed E-state index contributed by atoms with van der Waals surface area (Å²) < 4.78 is 0. The average Bonchev–Trinajstić information content (AvgIpc) is 2.48. The van der Waals surface area contributed by atoms with Crippen molar-refractivity contribution in [1.29, 1.82) is 0 Å². The maximum absolute atomic E-state index is 12.3. The Morgan fingerprint density at radius 3 is 2.55 bits per heavy atom. The van der Waals surface area contributed by atoms with Crippen LogP contribution in [0.1, 0.15) is 34.2 Å². The van der Waals surface area contributed by atoms with Crippen LogP contribution in [0.3, 0.4) is 0 Å². The Morgan fingerprint density at radius 2 is 1.95 bits per heavy atom. The molecular formula is C15H18N4O. The van der Waals surface area contributed by atoms with E-state index >= 15 is 0 Å². The first-order valence-corrected chi connectivity index (χ1v) is 6.57. The van der Waals surface area contributed by atoms with E-state index in [1.54, 1.807) is 6.07 Å². The van der Waals surface area contributed by atoms with E-state index in [2.05, 4.69) is 15.5 Å². The Balaban J connectivity index is 2.20. The summed E-state index contributed by atoms with van der Waals surface area (Å²) in [6.45, 7) is 4.26. The maximum Gasteiger partial charge on any atom is 0.257 e. The molecule has 5 heteroatoms. The van der Waals surface area contributed by atoms with Crippen molar-refractivity contribution >= 4 is 11.6 Å². The van der Waals surface area contributed by atoms with E-state index in [-0.39, 0.29) is 5.91 Å². The van der Waals surface area contributed by atoms with E-state index in [0.29, 0.717) is 24.2 Å². The van der Waals surface area contributed by atoms with Gasteiger partial charge in [-0.05, 0) is 37.1 Å². The minimum Gasteiger partial charge on any atom is -0.326 e. The summed E-state index contributed by atoms with van der Waals surface area (Å²) in [6, 6.07) is 9.23. The molecule has 1 heterocycles. The number of nitrogens with one attached hydrogen (secondary N) is 1. The van der Waals surface area contributed by atoms with Crippen LogP contribution in [-0.4, -0.2) is 16.1 Å². The normalized spacial score (nSPS) is 10.3. The molecule has 0 bridgehead atoms. The predicted octanol–water partition coefficient (Wildman–Crippen LogP) is 2.06. The van der Waals surface area contributed by atoms with Gasteiger partial charge < -0.3 is 11.1 Å². The number of hydrogen-bond donors (Lipinski definition) is 2. The summed E-state index contributed by atoms with van der Waals surface area (Å²) in [5.74, 6) is -0.166. The number of nitrogens with zero attached hydrogens (tertiary/aromatic N) is 2. The first-order chi connectivity index (χ1) is 9.63. The highest BCUT2D eigenvalue weighted by Gasteiger charge is 2.13. The maximum atomic E-state index is 12.3. The average molecular weight is 270 g/mol. The molecular weight excluding hydrogens is 252 g/mol. The summed E-state index contributed by atoms with van der Waals surface area (Å²) in [6.07, 6.45) is 0.669. The zero-order valence-corrected chi connectivity index (χ0v) is 11.7. The highest BCUT2D eigenvalue weighted by Crippen LogP contribution is 2.13. The van der Waals surface area contributed by atoms with Gasteiger partial charge in [-0.2, -0.15) is 10.2 Å². The molecule has 2 rings (SSSR count). The van der Waals surface area contributed by atoms with Crippen LogP contribution < -0.4 is 11.1 Å². The van der Waals surface area contributed by atoms with Crippen LogP contribution in [-0.2, 0) is 13.0 Å². The number of anilines is 1. The fourth-order valence-corrected chi connectivity index (χ4v) is 1.89. The number of benzene rings is 1. The van der Waals surface area contributed by atoms with Crippen LogP contribution in [0, 0.1) is 6.92 Å². The number of aromatic nitrogens is 2. The minimum atomic E-state index is -0.166. The summed E-state index contributed by atoms with van der Waals surface area (Å²) >= 11 is 0. The molecule has 5 nitrogen and oxygen atoms in total. The summed E-state index contributed by atoms with van der Waals surface area (Å²) in [5.41, 5.74) is 9.31. The van der Waals surface area contributed by atoms with Gasteiger partial charge in [-0.25, -0.2) is 0 Å². The van der Waals surface area contributed by atoms with Gasteiger partial charge in [0.05, 0.1) is 17.0 Å². The van der Waals surface area contributed by atoms with Gasteiger partial charge in [0.25, 0.3) is 5.91 Å². The standard InChI is InChI=1S/C15H18N4O/c1-3-14-13(8-10(2)18-19-14)15(20)17-12-6-4-11(9-16)5-7-12/h4-8H,3,9,16H2,1-2H3,(H,17,20). The van der Waals surface area contributed by atoms with E-state index < -0.39 is 0 Å². The van der Waals surface area contributed by atoms with Crippen LogP contribution in [0.15, 0.2) is 30.3 Å². The lowest BCUT2D eigenvalue weighted by Gasteiger charge is -2.09. The predicted molar refractivity (Wildman–Crippen MR) is 78.4 cm³/mol. The van der Waals surface area contributed by atoms with Crippen molar-refractivity contribution in [3.63, 3.8) is 0 Å². The van der Waals surface area contributed by atoms with Crippen LogP contribution >= 0.6 is 0 Å². The van der Waals surface area contributed by atoms with E-state index in [4.69, 9.17) is 5.73 Å². The Hall–Kier alpha value is -2.27. The Bertz CT molecular complexity index is 608. The second-order valence-corrected chi connectivity index (χ2v) is 4.55. The highest BCUT2D eigenvalue weighted by atomic mass is 16.1. The van der Waals surface area contributed by atoms with Gasteiger partial charge in [0, 0.05) is 12.2 Å². The SMILES string of the molecule is CCc1nnc(C)cc1C(=O)Nc1ccc(CN)cc1. The van der Waals surface area contributed by atoms with Crippen LogP contribution in [0.4, 0.5) is 5.69 Å². The van der Waals surface area contributed by atoms with Gasteiger partial charge in [-0.1, -0.05) is 19.1 Å². The smallest absolute Gasteiger partial charge is 0.257 e. The number of carbonyl (C=O) groups is 1. The molecule has 1 aromatic carbocycles. The zero-order valence-electron chi connectivity index (χ0n) is 11.7. The molecule has 2 aromatic rings. The number of nitrogens with two attached hydrogens (primary N) is 1. The van der Waals surface area contributed by atoms with Crippen LogP contribution in [0.5, 0.6) is 0 Å². The van der Waals surface area contributed by atoms with Crippen LogP contribution in [0.25, 0.3) is 0 Å². The summed E-state index contributed by atoms with van der Waals surface area (Å²) in [5, 5.41) is 10.9. The Kier molecular flexibility index (Phi) is 4.42. The number of carbonyl (C=O) groups excluding carboxylic acids is 1. The van der Waals surface area contributed by atoms with Gasteiger partial charge in [0.2, 0.25) is 0 Å². The summed E-state index contributed by atoms with van der Waals surface area (Å²) in [4.78, 5) is 12.3. The molecule has 0 fully saturated rings. The first kappa shape index (κ1) is 14.1. The lowest BCUT2D eigenvalue weighted by atomic mass is 10.1. The van der Waals surface area contributed by atoms with Crippen molar-refractivity contribution in [1.82, 2.24) is 10.2 Å². The molecule has 0 atom stereocenters. The molecule has 0 saturated heterocycles. The molecule has 20 heavy (non-hydrogen) atoms. The summed E-state index contributed by atoms with van der Waals surface area (Å²) in [7, 11) is 0. The molecule has 1 aromatic heterocycles. The third kappa shape index (κ3) is 3.19. The monoisotopic (exact) mass is 270 g/mol. The quantitative estimate of drug-likeness (QED) is 0.891. The molecule has 0 spiro atoms. The van der Waals surface area contributed by atoms with Crippen molar-refractivity contribution in [2.24, 2.45) is 5.73 Å². The number of hydrogen-bond acceptors (Lipinski definition) is 4. The largest absolute Gasteiger partial charge is 0.326 e. The second kappa shape index (κ2) is 6.25. The van der Waals surface area contributed by atoms with E-state index in [9.17, 15) is 4.79 Å². The second-order valence-electron chi connectivity index (χ2n) is 4.55. The minimum absolute atomic E-state index is 0.166. The molecule has 1 amide bonds. The molecule has 3 N–H and O–H groups in total. The van der Waals surface area contributed by atoms with E-state index in [1.807, 2.05) is 38.1 Å². The van der Waals surface area contributed by atoms with Crippen molar-refractivity contribution in [2.75, 3.05) is 5.32 Å². The highest BCUT2D eigenvalue weighted by molar-refractivity contribution is 6.05.